The Hall–Kier alpha value is -2.89. The van der Waals surface area contributed by atoms with E-state index in [0.29, 0.717) is 0 Å². The van der Waals surface area contributed by atoms with Crippen molar-refractivity contribution in [3.8, 4) is 28.0 Å². The molecule has 0 N–H and O–H groups in total. The molecule has 2 heterocycles. The summed E-state index contributed by atoms with van der Waals surface area (Å²) >= 11 is 0. The number of hydrogen-bond donors (Lipinski definition) is 0. The van der Waals surface area contributed by atoms with Gasteiger partial charge in [-0.2, -0.15) is 0 Å². The molecule has 6 rings (SSSR count). The van der Waals surface area contributed by atoms with E-state index >= 15 is 0 Å². The summed E-state index contributed by atoms with van der Waals surface area (Å²) in [5, 5.41) is 5.94. The van der Waals surface area contributed by atoms with Crippen LogP contribution < -0.4 is 26.0 Å². The fraction of sp³-hybridized carbons (Fsp3) is 0.0769. The molecule has 0 saturated heterocycles. The monoisotopic (exact) mass is 380 g/mol. The molecule has 4 aromatic carbocycles. The number of hydrogen-bond acceptors (Lipinski definition) is 1. The third-order valence-corrected chi connectivity index (χ3v) is 11.7. The average molecular weight is 380 g/mol. The molecule has 0 unspecified atom stereocenters. The zero-order chi connectivity index (χ0) is 18.9. The molecule has 2 heteroatoms. The molecule has 136 valence electrons. The molecule has 0 bridgehead atoms. The van der Waals surface area contributed by atoms with Crippen molar-refractivity contribution in [1.29, 1.82) is 0 Å². The van der Waals surface area contributed by atoms with Crippen LogP contribution in [-0.2, 0) is 0 Å². The minimum absolute atomic E-state index is 1.02. The van der Waals surface area contributed by atoms with Crippen molar-refractivity contribution in [3.05, 3.63) is 90.5 Å². The van der Waals surface area contributed by atoms with Gasteiger partial charge in [0.1, 0.15) is 0 Å². The molecule has 0 atom stereocenters. The van der Waals surface area contributed by atoms with Gasteiger partial charge in [-0.15, -0.1) is 0 Å². The van der Waals surface area contributed by atoms with Gasteiger partial charge in [0.15, 0.2) is 0 Å². The summed E-state index contributed by atoms with van der Waals surface area (Å²) < 4.78 is 5.98. The molecule has 28 heavy (non-hydrogen) atoms. The fourth-order valence-electron chi connectivity index (χ4n) is 5.60. The molecule has 2 aliphatic heterocycles. The maximum atomic E-state index is 5.98. The van der Waals surface area contributed by atoms with Crippen LogP contribution in [0.5, 0.6) is 5.75 Å². The van der Waals surface area contributed by atoms with Gasteiger partial charge >= 0.3 is 166 Å². The van der Waals surface area contributed by atoms with E-state index in [4.69, 9.17) is 4.74 Å². The molecule has 0 fully saturated rings. The van der Waals surface area contributed by atoms with Crippen LogP contribution >= 0.6 is 7.26 Å². The van der Waals surface area contributed by atoms with Crippen molar-refractivity contribution in [3.63, 3.8) is 0 Å². The Balaban J connectivity index is 1.91. The van der Waals surface area contributed by atoms with E-state index < -0.39 is 7.26 Å². The van der Waals surface area contributed by atoms with Crippen LogP contribution in [-0.4, -0.2) is 7.11 Å². The predicted molar refractivity (Wildman–Crippen MR) is 122 cm³/mol. The summed E-state index contributed by atoms with van der Waals surface area (Å²) in [5.41, 5.74) is 6.88. The van der Waals surface area contributed by atoms with Crippen LogP contribution in [0.4, 0.5) is 0 Å². The molecular formula is C26H21OP. The van der Waals surface area contributed by atoms with Gasteiger partial charge in [-0.25, -0.2) is 0 Å². The van der Waals surface area contributed by atoms with Crippen molar-refractivity contribution >= 4 is 28.5 Å². The van der Waals surface area contributed by atoms with Crippen molar-refractivity contribution in [2.75, 3.05) is 7.11 Å². The number of methoxy groups -OCH3 is 1. The molecule has 0 saturated carbocycles. The van der Waals surface area contributed by atoms with Gasteiger partial charge in [0, 0.05) is 0 Å². The standard InChI is InChI=1S/C26H21OP/c1-17-9-7-12-20-18-10-3-5-15-23(18)28(25(17)20)24-16-6-4-11-19(24)21-13-8-14-22(27-2)26(21)28/h3-16,28H,1-2H3. The Morgan fingerprint density at radius 3 is 1.75 bits per heavy atom. The zero-order valence-electron chi connectivity index (χ0n) is 16.0. The Morgan fingerprint density at radius 2 is 1.11 bits per heavy atom. The minimum atomic E-state index is -2.39. The van der Waals surface area contributed by atoms with Crippen molar-refractivity contribution < 1.29 is 4.74 Å². The summed E-state index contributed by atoms with van der Waals surface area (Å²) in [6, 6.07) is 31.3. The van der Waals surface area contributed by atoms with Gasteiger partial charge in [0.05, 0.1) is 0 Å². The normalized spacial score (nSPS) is 15.5. The third-order valence-electron chi connectivity index (χ3n) is 6.51. The molecular weight excluding hydrogens is 359 g/mol. The van der Waals surface area contributed by atoms with Crippen LogP contribution in [0.15, 0.2) is 84.9 Å². The topological polar surface area (TPSA) is 9.23 Å². The van der Waals surface area contributed by atoms with E-state index in [1.54, 1.807) is 7.11 Å². The summed E-state index contributed by atoms with van der Waals surface area (Å²) in [6.45, 7) is 2.27. The third kappa shape index (κ3) is 1.72. The van der Waals surface area contributed by atoms with Crippen LogP contribution in [0.25, 0.3) is 22.3 Å². The first-order chi connectivity index (χ1) is 13.8. The first-order valence-electron chi connectivity index (χ1n) is 9.76. The van der Waals surface area contributed by atoms with E-state index in [0.717, 1.165) is 5.75 Å². The SMILES string of the molecule is COc1cccc2c1[PH]1(c3ccccc3-c3cccc(C)c31)c1ccccc1-2. The van der Waals surface area contributed by atoms with Crippen molar-refractivity contribution in [2.45, 2.75) is 6.92 Å². The molecule has 0 amide bonds. The zero-order valence-corrected chi connectivity index (χ0v) is 17.0. The Bertz CT molecular complexity index is 1260. The van der Waals surface area contributed by atoms with Crippen LogP contribution in [0.1, 0.15) is 5.56 Å². The predicted octanol–water partition coefficient (Wildman–Crippen LogP) is 4.32. The molecule has 0 aromatic heterocycles. The van der Waals surface area contributed by atoms with Gasteiger partial charge < -0.3 is 0 Å². The van der Waals surface area contributed by atoms with Gasteiger partial charge in [-0.05, 0) is 0 Å². The number of ether oxygens (including phenoxy) is 1. The maximum absolute atomic E-state index is 5.98. The van der Waals surface area contributed by atoms with Gasteiger partial charge in [-0.1, -0.05) is 0 Å². The van der Waals surface area contributed by atoms with E-state index in [2.05, 4.69) is 91.9 Å². The van der Waals surface area contributed by atoms with E-state index in [1.807, 2.05) is 0 Å². The molecule has 2 aliphatic rings. The fourth-order valence-corrected chi connectivity index (χ4v) is 11.6. The molecule has 1 spiro atoms. The molecule has 1 nitrogen and oxygen atoms in total. The van der Waals surface area contributed by atoms with Gasteiger partial charge in [0.25, 0.3) is 0 Å². The summed E-state index contributed by atoms with van der Waals surface area (Å²) in [6.07, 6.45) is 0. The molecule has 0 aliphatic carbocycles. The number of benzene rings is 4. The van der Waals surface area contributed by atoms with Gasteiger partial charge in [0.2, 0.25) is 0 Å². The number of aryl methyl sites for hydroxylation is 1. The van der Waals surface area contributed by atoms with Crippen LogP contribution in [0, 0.1) is 6.92 Å². The number of rotatable bonds is 1. The second-order valence-electron chi connectivity index (χ2n) is 7.72. The van der Waals surface area contributed by atoms with E-state index in [9.17, 15) is 0 Å². The first kappa shape index (κ1) is 16.1. The first-order valence-corrected chi connectivity index (χ1v) is 11.8. The quantitative estimate of drug-likeness (QED) is 0.386. The number of fused-ring (bicyclic) bond motifs is 10. The molecule has 0 radical (unpaired) electrons. The Kier molecular flexibility index (Phi) is 3.20. The second-order valence-corrected chi connectivity index (χ2v) is 11.3. The summed E-state index contributed by atoms with van der Waals surface area (Å²) in [7, 11) is -0.581. The van der Waals surface area contributed by atoms with Gasteiger partial charge in [-0.3, -0.25) is 0 Å². The average Bonchev–Trinajstić information content (AvgIpc) is 3.22. The Labute approximate surface area is 166 Å². The summed E-state index contributed by atoms with van der Waals surface area (Å²) in [4.78, 5) is 0. The van der Waals surface area contributed by atoms with Crippen LogP contribution in [0.3, 0.4) is 0 Å². The molecule has 4 aromatic rings. The summed E-state index contributed by atoms with van der Waals surface area (Å²) in [5.74, 6) is 1.02. The Morgan fingerprint density at radius 1 is 0.571 bits per heavy atom. The van der Waals surface area contributed by atoms with Crippen LogP contribution in [0.2, 0.25) is 0 Å². The van der Waals surface area contributed by atoms with Crippen molar-refractivity contribution in [2.24, 2.45) is 0 Å². The van der Waals surface area contributed by atoms with E-state index in [1.165, 1.54) is 49.0 Å². The van der Waals surface area contributed by atoms with E-state index in [-0.39, 0.29) is 0 Å². The second kappa shape index (κ2) is 5.56. The van der Waals surface area contributed by atoms with Crippen molar-refractivity contribution in [1.82, 2.24) is 0 Å².